The number of hydrogen-bond acceptors (Lipinski definition) is 9. The predicted molar refractivity (Wildman–Crippen MR) is 198 cm³/mol. The summed E-state index contributed by atoms with van der Waals surface area (Å²) in [5.41, 5.74) is 0. The van der Waals surface area contributed by atoms with Crippen LogP contribution in [0.25, 0.3) is 0 Å². The normalized spacial score (nSPS) is 21.4. The van der Waals surface area contributed by atoms with E-state index < -0.39 is 30.2 Å². The topological polar surface area (TPSA) is 136 Å². The minimum absolute atomic E-state index is 0.0152. The van der Waals surface area contributed by atoms with Gasteiger partial charge < -0.3 is 35.2 Å². The second-order valence-corrected chi connectivity index (χ2v) is 15.4. The highest BCUT2D eigenvalue weighted by Crippen LogP contribution is 2.29. The minimum Gasteiger partial charge on any atom is -0.379 e. The zero-order valence-electron chi connectivity index (χ0n) is 33.3. The van der Waals surface area contributed by atoms with Gasteiger partial charge in [-0.2, -0.15) is 0 Å². The number of methoxy groups -OCH3 is 2. The first-order valence-electron chi connectivity index (χ1n) is 18.9. The Balaban J connectivity index is 2.19. The predicted octanol–water partition coefficient (Wildman–Crippen LogP) is 1.66. The van der Waals surface area contributed by atoms with Crippen molar-refractivity contribution in [1.82, 2.24) is 35.6 Å². The van der Waals surface area contributed by atoms with Crippen molar-refractivity contribution in [2.75, 3.05) is 81.2 Å². The first-order chi connectivity index (χ1) is 23.6. The highest BCUT2D eigenvalue weighted by atomic mass is 16.5. The van der Waals surface area contributed by atoms with Gasteiger partial charge in [0.1, 0.15) is 6.04 Å². The van der Waals surface area contributed by atoms with E-state index in [-0.39, 0.29) is 59.9 Å². The lowest BCUT2D eigenvalue weighted by atomic mass is 9.89. The van der Waals surface area contributed by atoms with Crippen LogP contribution in [0.3, 0.4) is 0 Å². The van der Waals surface area contributed by atoms with Gasteiger partial charge in [0.25, 0.3) is 0 Å². The van der Waals surface area contributed by atoms with Crippen molar-refractivity contribution < 1.29 is 28.7 Å². The van der Waals surface area contributed by atoms with Crippen LogP contribution in [0.4, 0.5) is 0 Å². The number of nitrogens with zero attached hydrogens (tertiary/aromatic N) is 4. The number of carbonyl (C=O) groups excluding carboxylic acids is 4. The third kappa shape index (κ3) is 11.9. The molecule has 290 valence electrons. The summed E-state index contributed by atoms with van der Waals surface area (Å²) in [6, 6.07) is -1.76. The van der Waals surface area contributed by atoms with Gasteiger partial charge in [0.15, 0.2) is 0 Å². The number of nitrogens with one attached hydrogen (secondary N) is 3. The number of likely N-dealkylation sites (tertiary alicyclic amines) is 1. The van der Waals surface area contributed by atoms with Crippen LogP contribution < -0.4 is 16.0 Å². The number of rotatable bonds is 20. The molecule has 0 aromatic rings. The Labute approximate surface area is 302 Å². The molecule has 0 aromatic heterocycles. The lowest BCUT2D eigenvalue weighted by molar-refractivity contribution is -0.148. The molecule has 0 saturated carbocycles. The van der Waals surface area contributed by atoms with Crippen LogP contribution in [0.5, 0.6) is 0 Å². The third-order valence-corrected chi connectivity index (χ3v) is 10.9. The smallest absolute Gasteiger partial charge is 0.245 e. The van der Waals surface area contributed by atoms with Gasteiger partial charge in [-0.05, 0) is 44.7 Å². The summed E-state index contributed by atoms with van der Waals surface area (Å²) >= 11 is 0. The van der Waals surface area contributed by atoms with E-state index in [2.05, 4.69) is 34.7 Å². The molecule has 2 aliphatic heterocycles. The van der Waals surface area contributed by atoms with Gasteiger partial charge in [0.2, 0.25) is 23.6 Å². The third-order valence-electron chi connectivity index (χ3n) is 10.9. The van der Waals surface area contributed by atoms with Crippen molar-refractivity contribution in [1.29, 1.82) is 0 Å². The fourth-order valence-corrected chi connectivity index (χ4v) is 7.84. The summed E-state index contributed by atoms with van der Waals surface area (Å²) in [6.07, 6.45) is 1.38. The molecule has 8 atom stereocenters. The molecule has 50 heavy (non-hydrogen) atoms. The van der Waals surface area contributed by atoms with E-state index >= 15 is 0 Å². The molecule has 0 spiro atoms. The van der Waals surface area contributed by atoms with E-state index in [0.29, 0.717) is 13.1 Å². The minimum atomic E-state index is -0.733. The Hall–Kier alpha value is -2.32. The van der Waals surface area contributed by atoms with Crippen molar-refractivity contribution in [2.24, 2.45) is 23.7 Å². The lowest BCUT2D eigenvalue weighted by Gasteiger charge is -2.41. The largest absolute Gasteiger partial charge is 0.379 e. The molecule has 0 aromatic carbocycles. The lowest BCUT2D eigenvalue weighted by Crippen LogP contribution is -2.59. The highest BCUT2D eigenvalue weighted by Gasteiger charge is 2.43. The Kier molecular flexibility index (Phi) is 18.6. The zero-order valence-corrected chi connectivity index (χ0v) is 33.3. The van der Waals surface area contributed by atoms with Crippen LogP contribution in [0.1, 0.15) is 74.1 Å². The van der Waals surface area contributed by atoms with E-state index in [1.54, 1.807) is 26.2 Å². The second kappa shape index (κ2) is 21.3. The van der Waals surface area contributed by atoms with Crippen molar-refractivity contribution in [3.05, 3.63) is 0 Å². The van der Waals surface area contributed by atoms with E-state index in [4.69, 9.17) is 9.47 Å². The van der Waals surface area contributed by atoms with Gasteiger partial charge in [0, 0.05) is 67.1 Å². The summed E-state index contributed by atoms with van der Waals surface area (Å²) in [4.78, 5) is 62.7. The number of ether oxygens (including phenoxy) is 2. The number of piperazine rings is 1. The number of amides is 4. The van der Waals surface area contributed by atoms with E-state index in [1.807, 2.05) is 58.5 Å². The molecule has 4 amide bonds. The molecular formula is C37H71N7O6. The molecule has 2 aliphatic rings. The molecule has 13 heteroatoms. The van der Waals surface area contributed by atoms with Gasteiger partial charge in [-0.15, -0.1) is 0 Å². The molecule has 2 fully saturated rings. The molecule has 0 bridgehead atoms. The summed E-state index contributed by atoms with van der Waals surface area (Å²) in [6.45, 7) is 19.7. The van der Waals surface area contributed by atoms with Crippen LogP contribution in [-0.4, -0.2) is 161 Å². The molecule has 2 saturated heterocycles. The van der Waals surface area contributed by atoms with E-state index in [0.717, 1.165) is 52.0 Å². The maximum Gasteiger partial charge on any atom is 0.245 e. The quantitative estimate of drug-likeness (QED) is 0.173. The fourth-order valence-electron chi connectivity index (χ4n) is 7.84. The zero-order chi connectivity index (χ0) is 37.7. The molecule has 13 nitrogen and oxygen atoms in total. The van der Waals surface area contributed by atoms with Gasteiger partial charge in [-0.1, -0.05) is 54.9 Å². The average molecular weight is 710 g/mol. The van der Waals surface area contributed by atoms with Crippen molar-refractivity contribution >= 4 is 23.6 Å². The highest BCUT2D eigenvalue weighted by molar-refractivity contribution is 5.90. The first kappa shape index (κ1) is 43.8. The van der Waals surface area contributed by atoms with Crippen LogP contribution in [0.15, 0.2) is 0 Å². The molecule has 0 aliphatic carbocycles. The van der Waals surface area contributed by atoms with Gasteiger partial charge in [-0.25, -0.2) is 0 Å². The SMILES string of the molecule is CC[C@H](C)[C@@H]([C@@H](CC(=O)N1CCC[C@H]1[C@@H](OC)[C@@H](C)C(=O)NCCN1CCNCC1)OC)N(C)C(=O)C(NC(=O)[C@H](C(C)C)N(C)C)C(C)C. The van der Waals surface area contributed by atoms with E-state index in [9.17, 15) is 19.2 Å². The van der Waals surface area contributed by atoms with E-state index in [1.165, 1.54) is 0 Å². The maximum absolute atomic E-state index is 14.2. The first-order valence-corrected chi connectivity index (χ1v) is 18.9. The molecular weight excluding hydrogens is 638 g/mol. The standard InChI is InChI=1S/C37H71N7O6/c1-13-26(6)33(42(10)37(48)31(24(2)3)40-36(47)32(25(4)5)41(8)9)29(49-11)23-30(45)44-19-14-15-28(44)34(50-12)27(7)35(46)39-18-22-43-20-16-38-17-21-43/h24-29,31-34,38H,13-23H2,1-12H3,(H,39,46)(H,40,47)/t26-,27+,28-,29+,31?,32-,33-,34-/m0/s1. The van der Waals surface area contributed by atoms with Gasteiger partial charge in [-0.3, -0.25) is 29.0 Å². The monoisotopic (exact) mass is 710 g/mol. The van der Waals surface area contributed by atoms with Crippen LogP contribution in [0, 0.1) is 23.7 Å². The average Bonchev–Trinajstić information content (AvgIpc) is 3.56. The van der Waals surface area contributed by atoms with Crippen molar-refractivity contribution in [3.63, 3.8) is 0 Å². The molecule has 0 radical (unpaired) electrons. The summed E-state index contributed by atoms with van der Waals surface area (Å²) in [5, 5.41) is 9.48. The Morgan fingerprint density at radius 3 is 2.06 bits per heavy atom. The Morgan fingerprint density at radius 2 is 1.54 bits per heavy atom. The Morgan fingerprint density at radius 1 is 0.900 bits per heavy atom. The number of carbonyl (C=O) groups is 4. The Bertz CT molecular complexity index is 1060. The molecule has 2 rings (SSSR count). The molecule has 1 unspecified atom stereocenters. The van der Waals surface area contributed by atoms with Gasteiger partial charge >= 0.3 is 0 Å². The molecule has 2 heterocycles. The summed E-state index contributed by atoms with van der Waals surface area (Å²) < 4.78 is 12.0. The van der Waals surface area contributed by atoms with Crippen LogP contribution in [0.2, 0.25) is 0 Å². The maximum atomic E-state index is 14.2. The van der Waals surface area contributed by atoms with Crippen molar-refractivity contribution in [2.45, 2.75) is 111 Å². The summed E-state index contributed by atoms with van der Waals surface area (Å²) in [7, 11) is 8.69. The second-order valence-electron chi connectivity index (χ2n) is 15.4. The number of likely N-dealkylation sites (N-methyl/N-ethyl adjacent to an activating group) is 2. The number of hydrogen-bond donors (Lipinski definition) is 3. The van der Waals surface area contributed by atoms with Crippen LogP contribution >= 0.6 is 0 Å². The van der Waals surface area contributed by atoms with Crippen LogP contribution in [-0.2, 0) is 28.7 Å². The summed E-state index contributed by atoms with van der Waals surface area (Å²) in [5.74, 6) is -1.06. The molecule has 3 N–H and O–H groups in total. The van der Waals surface area contributed by atoms with Crippen molar-refractivity contribution in [3.8, 4) is 0 Å². The fraction of sp³-hybridized carbons (Fsp3) is 0.892. The van der Waals surface area contributed by atoms with Gasteiger partial charge in [0.05, 0.1) is 42.7 Å².